The normalized spacial score (nSPS) is 20.6. The van der Waals surface area contributed by atoms with Crippen molar-refractivity contribution in [3.63, 3.8) is 0 Å². The van der Waals surface area contributed by atoms with Gasteiger partial charge in [0.05, 0.1) is 0 Å². The summed E-state index contributed by atoms with van der Waals surface area (Å²) in [4.78, 5) is 10.6. The zero-order valence-electron chi connectivity index (χ0n) is 4.99. The summed E-state index contributed by atoms with van der Waals surface area (Å²) in [6, 6.07) is 0. The van der Waals surface area contributed by atoms with E-state index in [9.17, 15) is 4.79 Å². The Balaban J connectivity index is 2.19. The first-order valence-corrected chi connectivity index (χ1v) is 12.1. The summed E-state index contributed by atoms with van der Waals surface area (Å²) in [7, 11) is 5.64. The van der Waals surface area contributed by atoms with Crippen LogP contribution in [0.5, 0.6) is 0 Å². The molecule has 0 aliphatic carbocycles. The maximum absolute atomic E-state index is 10.6. The molecular formula is C4H7AsOS3. The standard InChI is InChI=1S/C4H7AsOS3/c1-4(6)9-5-7-2-3-8-5/h2-3H2,1H3. The molecule has 0 aromatic carbocycles. The molecule has 0 aromatic heterocycles. The van der Waals surface area contributed by atoms with Gasteiger partial charge in [0.1, 0.15) is 0 Å². The Morgan fingerprint density at radius 2 is 2.11 bits per heavy atom. The van der Waals surface area contributed by atoms with Crippen molar-refractivity contribution in [1.82, 2.24) is 0 Å². The minimum absolute atomic E-state index is 0.303. The topological polar surface area (TPSA) is 17.1 Å². The van der Waals surface area contributed by atoms with Crippen molar-refractivity contribution in [2.75, 3.05) is 11.5 Å². The molecule has 9 heavy (non-hydrogen) atoms. The molecule has 0 spiro atoms. The molecular weight excluding hydrogens is 235 g/mol. The minimum atomic E-state index is -0.800. The van der Waals surface area contributed by atoms with Crippen LogP contribution in [0.1, 0.15) is 6.92 Å². The van der Waals surface area contributed by atoms with Crippen LogP contribution in [0, 0.1) is 0 Å². The van der Waals surface area contributed by atoms with E-state index in [1.54, 1.807) is 16.9 Å². The van der Waals surface area contributed by atoms with Gasteiger partial charge in [0.15, 0.2) is 0 Å². The van der Waals surface area contributed by atoms with Crippen LogP contribution in [0.4, 0.5) is 0 Å². The molecule has 1 saturated heterocycles. The molecule has 1 heterocycles. The zero-order chi connectivity index (χ0) is 6.69. The molecule has 5 heteroatoms. The number of carbonyl (C=O) groups is 1. The van der Waals surface area contributed by atoms with Crippen LogP contribution < -0.4 is 0 Å². The summed E-state index contributed by atoms with van der Waals surface area (Å²) in [5.74, 6) is 2.54. The van der Waals surface area contributed by atoms with E-state index in [1.165, 1.54) is 11.5 Å². The van der Waals surface area contributed by atoms with Gasteiger partial charge in [-0.3, -0.25) is 0 Å². The van der Waals surface area contributed by atoms with E-state index < -0.39 is 11.2 Å². The van der Waals surface area contributed by atoms with Gasteiger partial charge in [-0.25, -0.2) is 0 Å². The molecule has 0 aromatic rings. The first-order valence-electron chi connectivity index (χ1n) is 2.53. The van der Waals surface area contributed by atoms with Gasteiger partial charge in [-0.2, -0.15) is 0 Å². The molecule has 0 saturated carbocycles. The summed E-state index contributed by atoms with van der Waals surface area (Å²) < 4.78 is 0. The maximum atomic E-state index is 10.6. The molecule has 0 amide bonds. The average Bonchev–Trinajstić information content (AvgIpc) is 2.15. The number of rotatable bonds is 1. The summed E-state index contributed by atoms with van der Waals surface area (Å²) in [5.41, 5.74) is 0. The molecule has 52 valence electrons. The summed E-state index contributed by atoms with van der Waals surface area (Å²) in [5, 5.41) is 0.303. The molecule has 0 atom stereocenters. The molecule has 0 radical (unpaired) electrons. The van der Waals surface area contributed by atoms with Gasteiger partial charge in [-0.05, 0) is 0 Å². The van der Waals surface area contributed by atoms with Gasteiger partial charge in [-0.1, -0.05) is 0 Å². The Morgan fingerprint density at radius 3 is 2.56 bits per heavy atom. The fraction of sp³-hybridized carbons (Fsp3) is 0.750. The third-order valence-electron chi connectivity index (χ3n) is 0.680. The van der Waals surface area contributed by atoms with Crippen molar-refractivity contribution in [3.05, 3.63) is 0 Å². The SMILES string of the molecule is CC(=O)S[As]1SCCS1. The second kappa shape index (κ2) is 4.22. The van der Waals surface area contributed by atoms with Crippen LogP contribution in [0.15, 0.2) is 0 Å². The van der Waals surface area contributed by atoms with Crippen molar-refractivity contribution in [3.8, 4) is 0 Å². The summed E-state index contributed by atoms with van der Waals surface area (Å²) in [6.45, 7) is 1.67. The van der Waals surface area contributed by atoms with Crippen LogP contribution in [0.25, 0.3) is 0 Å². The zero-order valence-corrected chi connectivity index (χ0v) is 9.32. The third-order valence-corrected chi connectivity index (χ3v) is 18.9. The fourth-order valence-electron chi connectivity index (χ4n) is 0.419. The molecule has 1 aliphatic heterocycles. The third kappa shape index (κ3) is 3.26. The Bertz CT molecular complexity index is 112. The van der Waals surface area contributed by atoms with Crippen LogP contribution in [0.3, 0.4) is 0 Å². The Labute approximate surface area is 69.3 Å². The monoisotopic (exact) mass is 242 g/mol. The van der Waals surface area contributed by atoms with Gasteiger partial charge >= 0.3 is 69.6 Å². The van der Waals surface area contributed by atoms with Gasteiger partial charge in [0.2, 0.25) is 0 Å². The van der Waals surface area contributed by atoms with Crippen molar-refractivity contribution in [2.24, 2.45) is 0 Å². The summed E-state index contributed by atoms with van der Waals surface area (Å²) >= 11 is -0.800. The van der Waals surface area contributed by atoms with Crippen molar-refractivity contribution in [2.45, 2.75) is 6.92 Å². The molecule has 1 rings (SSSR count). The van der Waals surface area contributed by atoms with E-state index in [-0.39, 0.29) is 0 Å². The number of hydrogen-bond donors (Lipinski definition) is 0. The first-order chi connectivity index (χ1) is 4.29. The second-order valence-corrected chi connectivity index (χ2v) is 18.2. The molecule has 0 unspecified atom stereocenters. The van der Waals surface area contributed by atoms with E-state index in [2.05, 4.69) is 0 Å². The first kappa shape index (κ1) is 8.38. The van der Waals surface area contributed by atoms with Crippen LogP contribution in [-0.4, -0.2) is 27.8 Å². The van der Waals surface area contributed by atoms with E-state index in [0.29, 0.717) is 5.12 Å². The average molecular weight is 242 g/mol. The van der Waals surface area contributed by atoms with E-state index in [0.717, 1.165) is 0 Å². The predicted octanol–water partition coefficient (Wildman–Crippen LogP) is 1.73. The van der Waals surface area contributed by atoms with Gasteiger partial charge in [-0.15, -0.1) is 0 Å². The quantitative estimate of drug-likeness (QED) is 0.651. The van der Waals surface area contributed by atoms with Gasteiger partial charge in [0.25, 0.3) is 0 Å². The fourth-order valence-corrected chi connectivity index (χ4v) is 19.6. The molecule has 0 bridgehead atoms. The predicted molar refractivity (Wildman–Crippen MR) is 48.9 cm³/mol. The van der Waals surface area contributed by atoms with Crippen LogP contribution in [-0.2, 0) is 4.79 Å². The second-order valence-electron chi connectivity index (χ2n) is 1.47. The van der Waals surface area contributed by atoms with E-state index >= 15 is 0 Å². The molecule has 1 aliphatic rings. The Hall–Kier alpha value is 1.28. The van der Waals surface area contributed by atoms with E-state index in [1.807, 2.05) is 20.0 Å². The molecule has 1 fully saturated rings. The van der Waals surface area contributed by atoms with Gasteiger partial charge in [0, 0.05) is 0 Å². The molecule has 0 N–H and O–H groups in total. The summed E-state index contributed by atoms with van der Waals surface area (Å²) in [6.07, 6.45) is 0. The van der Waals surface area contributed by atoms with Gasteiger partial charge < -0.3 is 0 Å². The van der Waals surface area contributed by atoms with Crippen molar-refractivity contribution < 1.29 is 4.79 Å². The van der Waals surface area contributed by atoms with E-state index in [4.69, 9.17) is 0 Å². The van der Waals surface area contributed by atoms with Crippen molar-refractivity contribution >= 4 is 46.4 Å². The van der Waals surface area contributed by atoms with Crippen LogP contribution >= 0.6 is 30.1 Å². The van der Waals surface area contributed by atoms with Crippen LogP contribution in [0.2, 0.25) is 0 Å². The molecule has 1 nitrogen and oxygen atoms in total. The van der Waals surface area contributed by atoms with Crippen molar-refractivity contribution in [1.29, 1.82) is 0 Å². The number of hydrogen-bond acceptors (Lipinski definition) is 4. The number of carbonyl (C=O) groups excluding carboxylic acids is 1. The Kier molecular flexibility index (Phi) is 3.93. The Morgan fingerprint density at radius 1 is 1.56 bits per heavy atom.